The smallest absolute Gasteiger partial charge is 0.316 e. The van der Waals surface area contributed by atoms with E-state index < -0.39 is 5.91 Å². The third-order valence-corrected chi connectivity index (χ3v) is 2.19. The van der Waals surface area contributed by atoms with E-state index in [-0.39, 0.29) is 23.1 Å². The first-order valence-electron chi connectivity index (χ1n) is 5.28. The highest BCUT2D eigenvalue weighted by atomic mass is 24.3. The van der Waals surface area contributed by atoms with Crippen LogP contribution in [0.2, 0.25) is 0 Å². The number of nitrogens with one attached hydrogen (secondary N) is 1. The minimum atomic E-state index is -0.442. The fourth-order valence-electron chi connectivity index (χ4n) is 1.29. The summed E-state index contributed by atoms with van der Waals surface area (Å²) in [5, 5.41) is 0. The molecule has 0 aliphatic heterocycles. The first-order valence-corrected chi connectivity index (χ1v) is 5.28. The molecule has 0 aliphatic carbocycles. The third-order valence-electron chi connectivity index (χ3n) is 2.19. The fourth-order valence-corrected chi connectivity index (χ4v) is 1.29. The Hall–Kier alpha value is -2.26. The fraction of sp³-hybridized carbons (Fsp3) is 0. The molecule has 0 fully saturated rings. The number of primary amides is 1. The molecule has 0 bridgehead atoms. The summed E-state index contributed by atoms with van der Waals surface area (Å²) in [6.07, 6.45) is 5.96. The lowest BCUT2D eigenvalue weighted by molar-refractivity contribution is 0.1000. The largest absolute Gasteiger partial charge is 0.382 e. The van der Waals surface area contributed by atoms with Crippen LogP contribution in [0.15, 0.2) is 37.2 Å². The van der Waals surface area contributed by atoms with Gasteiger partial charge in [0.15, 0.2) is 11.5 Å². The minimum absolute atomic E-state index is 0. The zero-order chi connectivity index (χ0) is 13.7. The molecular weight excluding hydrogens is 270 g/mol. The second-order valence-electron chi connectivity index (χ2n) is 3.46. The van der Waals surface area contributed by atoms with Gasteiger partial charge >= 0.3 is 23.1 Å². The van der Waals surface area contributed by atoms with E-state index >= 15 is 0 Å². The van der Waals surface area contributed by atoms with Crippen molar-refractivity contribution in [2.75, 3.05) is 5.73 Å². The standard InChI is InChI=1S/C6H6N2O.C5H5N5.Mg.2H/c7-6(9)5-2-1-3-8-4-5;6-4-3-5(9-1-7-3)10-2-8-4;;;/h1-4H,(H2,7,9);1-2H,(H3,6,7,8,9,10);;;. The van der Waals surface area contributed by atoms with E-state index in [0.29, 0.717) is 22.5 Å². The number of H-pyrrole nitrogens is 1. The van der Waals surface area contributed by atoms with E-state index in [1.807, 2.05) is 0 Å². The predicted octanol–water partition coefficient (Wildman–Crippen LogP) is -0.801. The van der Waals surface area contributed by atoms with Crippen molar-refractivity contribution in [2.45, 2.75) is 0 Å². The van der Waals surface area contributed by atoms with Crippen LogP contribution in [0, 0.1) is 0 Å². The average molecular weight is 284 g/mol. The number of pyridine rings is 1. The Morgan fingerprint density at radius 1 is 1.25 bits per heavy atom. The molecule has 0 unspecified atom stereocenters. The van der Waals surface area contributed by atoms with Crippen LogP contribution < -0.4 is 11.5 Å². The minimum Gasteiger partial charge on any atom is -0.382 e. The normalized spacial score (nSPS) is 9.20. The number of anilines is 1. The van der Waals surface area contributed by atoms with Crippen molar-refractivity contribution in [1.82, 2.24) is 24.9 Å². The van der Waals surface area contributed by atoms with Crippen molar-refractivity contribution in [3.8, 4) is 0 Å². The first-order chi connectivity index (χ1) is 9.18. The van der Waals surface area contributed by atoms with Gasteiger partial charge in [-0.3, -0.25) is 9.78 Å². The number of nitrogens with two attached hydrogens (primary N) is 2. The first kappa shape index (κ1) is 15.8. The molecule has 3 aromatic heterocycles. The molecule has 100 valence electrons. The van der Waals surface area contributed by atoms with Crippen LogP contribution in [0.5, 0.6) is 0 Å². The Kier molecular flexibility index (Phi) is 5.81. The zero-order valence-electron chi connectivity index (χ0n) is 9.82. The SMILES string of the molecule is NC(=O)c1cccnc1.Nc1ncnc2[nH]cnc12.[MgH2]. The summed E-state index contributed by atoms with van der Waals surface area (Å²) < 4.78 is 0. The van der Waals surface area contributed by atoms with Gasteiger partial charge < -0.3 is 16.5 Å². The molecular formula is C11H13MgN7O. The number of rotatable bonds is 1. The van der Waals surface area contributed by atoms with Crippen LogP contribution in [-0.2, 0) is 0 Å². The van der Waals surface area contributed by atoms with Gasteiger partial charge in [-0.15, -0.1) is 0 Å². The molecule has 3 aromatic rings. The quantitative estimate of drug-likeness (QED) is 0.500. The monoisotopic (exact) mass is 283 g/mol. The van der Waals surface area contributed by atoms with Gasteiger partial charge in [-0.25, -0.2) is 15.0 Å². The summed E-state index contributed by atoms with van der Waals surface area (Å²) in [6.45, 7) is 0. The molecule has 3 rings (SSSR count). The van der Waals surface area contributed by atoms with E-state index in [4.69, 9.17) is 11.5 Å². The number of nitrogen functional groups attached to an aromatic ring is 1. The molecule has 0 aliphatic rings. The molecule has 3 heterocycles. The molecule has 0 atom stereocenters. The number of carbonyl (C=O) groups is 1. The second kappa shape index (κ2) is 7.36. The van der Waals surface area contributed by atoms with E-state index in [0.717, 1.165) is 0 Å². The molecule has 0 radical (unpaired) electrons. The Balaban J connectivity index is 0.000000192. The van der Waals surface area contributed by atoms with Gasteiger partial charge in [0.2, 0.25) is 5.91 Å². The van der Waals surface area contributed by atoms with Crippen LogP contribution in [0.4, 0.5) is 5.82 Å². The second-order valence-corrected chi connectivity index (χ2v) is 3.46. The lowest BCUT2D eigenvalue weighted by Gasteiger charge is -1.88. The number of hydrogen-bond donors (Lipinski definition) is 3. The predicted molar refractivity (Wildman–Crippen MR) is 77.4 cm³/mol. The maximum absolute atomic E-state index is 10.4. The van der Waals surface area contributed by atoms with Crippen molar-refractivity contribution in [3.05, 3.63) is 42.7 Å². The van der Waals surface area contributed by atoms with Crippen molar-refractivity contribution in [2.24, 2.45) is 5.73 Å². The molecule has 9 heteroatoms. The topological polar surface area (TPSA) is 136 Å². The summed E-state index contributed by atoms with van der Waals surface area (Å²) >= 11 is 0. The molecule has 5 N–H and O–H groups in total. The number of aromatic nitrogens is 5. The Bertz CT molecular complexity index is 685. The Morgan fingerprint density at radius 2 is 2.05 bits per heavy atom. The van der Waals surface area contributed by atoms with Gasteiger partial charge in [0, 0.05) is 12.4 Å². The lowest BCUT2D eigenvalue weighted by atomic mass is 10.3. The van der Waals surface area contributed by atoms with Gasteiger partial charge in [0.1, 0.15) is 11.8 Å². The molecule has 8 nitrogen and oxygen atoms in total. The van der Waals surface area contributed by atoms with Crippen molar-refractivity contribution >= 4 is 45.9 Å². The number of hydrogen-bond acceptors (Lipinski definition) is 6. The summed E-state index contributed by atoms with van der Waals surface area (Å²) in [5.41, 5.74) is 12.1. The highest BCUT2D eigenvalue weighted by molar-refractivity contribution is 5.92. The highest BCUT2D eigenvalue weighted by Gasteiger charge is 1.99. The Labute approximate surface area is 130 Å². The maximum atomic E-state index is 10.4. The zero-order valence-corrected chi connectivity index (χ0v) is 9.82. The molecule has 0 aromatic carbocycles. The summed E-state index contributed by atoms with van der Waals surface area (Å²) in [4.78, 5) is 28.5. The van der Waals surface area contributed by atoms with Gasteiger partial charge in [-0.05, 0) is 12.1 Å². The van der Waals surface area contributed by atoms with Gasteiger partial charge in [-0.2, -0.15) is 0 Å². The summed E-state index contributed by atoms with van der Waals surface area (Å²) in [7, 11) is 0. The summed E-state index contributed by atoms with van der Waals surface area (Å²) in [6, 6.07) is 3.29. The molecule has 0 spiro atoms. The number of imidazole rings is 1. The van der Waals surface area contributed by atoms with E-state index in [9.17, 15) is 4.79 Å². The van der Waals surface area contributed by atoms with E-state index in [1.54, 1.807) is 18.3 Å². The van der Waals surface area contributed by atoms with Crippen LogP contribution in [-0.4, -0.2) is 53.9 Å². The number of fused-ring (bicyclic) bond motifs is 1. The number of carbonyl (C=O) groups excluding carboxylic acids is 1. The van der Waals surface area contributed by atoms with Crippen LogP contribution in [0.25, 0.3) is 11.2 Å². The maximum Gasteiger partial charge on any atom is 0.316 e. The number of aromatic amines is 1. The van der Waals surface area contributed by atoms with Crippen LogP contribution in [0.3, 0.4) is 0 Å². The van der Waals surface area contributed by atoms with Crippen LogP contribution >= 0.6 is 0 Å². The Morgan fingerprint density at radius 3 is 2.60 bits per heavy atom. The third kappa shape index (κ3) is 3.86. The van der Waals surface area contributed by atoms with Crippen molar-refractivity contribution in [3.63, 3.8) is 0 Å². The molecule has 0 saturated carbocycles. The van der Waals surface area contributed by atoms with Crippen molar-refractivity contribution in [1.29, 1.82) is 0 Å². The molecule has 1 amide bonds. The van der Waals surface area contributed by atoms with Crippen LogP contribution in [0.1, 0.15) is 10.4 Å². The molecule has 20 heavy (non-hydrogen) atoms. The molecule has 0 saturated heterocycles. The van der Waals surface area contributed by atoms with Crippen molar-refractivity contribution < 1.29 is 4.79 Å². The van der Waals surface area contributed by atoms with Gasteiger partial charge in [0.05, 0.1) is 11.9 Å². The number of nitrogens with zero attached hydrogens (tertiary/aromatic N) is 4. The lowest BCUT2D eigenvalue weighted by Crippen LogP contribution is -2.10. The number of amides is 1. The highest BCUT2D eigenvalue weighted by Crippen LogP contribution is 2.09. The van der Waals surface area contributed by atoms with Gasteiger partial charge in [0.25, 0.3) is 0 Å². The average Bonchev–Trinajstić information content (AvgIpc) is 2.90. The van der Waals surface area contributed by atoms with E-state index in [2.05, 4.69) is 24.9 Å². The summed E-state index contributed by atoms with van der Waals surface area (Å²) in [5.74, 6) is -0.0330. The van der Waals surface area contributed by atoms with E-state index in [1.165, 1.54) is 18.9 Å². The van der Waals surface area contributed by atoms with Gasteiger partial charge in [-0.1, -0.05) is 0 Å².